The summed E-state index contributed by atoms with van der Waals surface area (Å²) < 4.78 is 5.38. The SMILES string of the molecule is NCc1cccc2c1COCC2. The number of hydrogen-bond acceptors (Lipinski definition) is 2. The smallest absolute Gasteiger partial charge is 0.0722 e. The van der Waals surface area contributed by atoms with Gasteiger partial charge in [0, 0.05) is 6.54 Å². The van der Waals surface area contributed by atoms with Crippen molar-refractivity contribution in [2.24, 2.45) is 5.73 Å². The highest BCUT2D eigenvalue weighted by Crippen LogP contribution is 2.20. The Labute approximate surface area is 72.3 Å². The molecule has 1 aromatic carbocycles. The van der Waals surface area contributed by atoms with Gasteiger partial charge in [-0.2, -0.15) is 0 Å². The topological polar surface area (TPSA) is 35.2 Å². The number of benzene rings is 1. The van der Waals surface area contributed by atoms with Gasteiger partial charge in [0.1, 0.15) is 0 Å². The third-order valence-electron chi connectivity index (χ3n) is 2.35. The van der Waals surface area contributed by atoms with E-state index in [1.807, 2.05) is 0 Å². The predicted molar refractivity (Wildman–Crippen MR) is 47.7 cm³/mol. The Bertz CT molecular complexity index is 269. The minimum absolute atomic E-state index is 0.618. The van der Waals surface area contributed by atoms with E-state index < -0.39 is 0 Å². The largest absolute Gasteiger partial charge is 0.376 e. The van der Waals surface area contributed by atoms with Crippen LogP contribution in [0.15, 0.2) is 18.2 Å². The maximum Gasteiger partial charge on any atom is 0.0722 e. The van der Waals surface area contributed by atoms with E-state index >= 15 is 0 Å². The van der Waals surface area contributed by atoms with Gasteiger partial charge < -0.3 is 10.5 Å². The van der Waals surface area contributed by atoms with Crippen molar-refractivity contribution in [2.75, 3.05) is 6.61 Å². The van der Waals surface area contributed by atoms with Crippen LogP contribution in [0.4, 0.5) is 0 Å². The zero-order valence-electron chi connectivity index (χ0n) is 7.05. The Balaban J connectivity index is 2.44. The van der Waals surface area contributed by atoms with Crippen molar-refractivity contribution in [3.63, 3.8) is 0 Å². The van der Waals surface area contributed by atoms with Gasteiger partial charge in [0.25, 0.3) is 0 Å². The highest BCUT2D eigenvalue weighted by molar-refractivity contribution is 5.35. The molecular formula is C10H13NO. The van der Waals surface area contributed by atoms with E-state index in [1.54, 1.807) is 0 Å². The molecule has 0 fully saturated rings. The summed E-state index contributed by atoms with van der Waals surface area (Å²) in [5, 5.41) is 0. The normalized spacial score (nSPS) is 15.8. The first kappa shape index (κ1) is 7.77. The third kappa shape index (κ3) is 1.24. The molecule has 0 radical (unpaired) electrons. The highest BCUT2D eigenvalue weighted by atomic mass is 16.5. The van der Waals surface area contributed by atoms with Crippen LogP contribution in [0.2, 0.25) is 0 Å². The molecule has 0 bridgehead atoms. The molecule has 0 saturated heterocycles. The minimum atomic E-state index is 0.618. The van der Waals surface area contributed by atoms with Crippen LogP contribution in [0, 0.1) is 0 Å². The van der Waals surface area contributed by atoms with E-state index in [4.69, 9.17) is 10.5 Å². The summed E-state index contributed by atoms with van der Waals surface area (Å²) in [4.78, 5) is 0. The molecule has 0 atom stereocenters. The fraction of sp³-hybridized carbons (Fsp3) is 0.400. The second kappa shape index (κ2) is 3.25. The van der Waals surface area contributed by atoms with Gasteiger partial charge in [-0.3, -0.25) is 0 Å². The van der Waals surface area contributed by atoms with Crippen LogP contribution < -0.4 is 5.73 Å². The van der Waals surface area contributed by atoms with Crippen LogP contribution in [0.5, 0.6) is 0 Å². The van der Waals surface area contributed by atoms with Gasteiger partial charge >= 0.3 is 0 Å². The molecule has 2 nitrogen and oxygen atoms in total. The van der Waals surface area contributed by atoms with Gasteiger partial charge in [-0.25, -0.2) is 0 Å². The van der Waals surface area contributed by atoms with Crippen molar-refractivity contribution in [3.05, 3.63) is 34.9 Å². The van der Waals surface area contributed by atoms with Gasteiger partial charge in [-0.1, -0.05) is 18.2 Å². The molecule has 0 amide bonds. The highest BCUT2D eigenvalue weighted by Gasteiger charge is 2.11. The van der Waals surface area contributed by atoms with Crippen LogP contribution >= 0.6 is 0 Å². The molecule has 2 N–H and O–H groups in total. The Morgan fingerprint density at radius 2 is 2.33 bits per heavy atom. The lowest BCUT2D eigenvalue weighted by atomic mass is 9.98. The van der Waals surface area contributed by atoms with Crippen molar-refractivity contribution in [1.82, 2.24) is 0 Å². The molecule has 0 unspecified atom stereocenters. The van der Waals surface area contributed by atoms with Crippen LogP contribution in [-0.2, 0) is 24.3 Å². The molecular weight excluding hydrogens is 150 g/mol. The zero-order valence-corrected chi connectivity index (χ0v) is 7.05. The summed E-state index contributed by atoms with van der Waals surface area (Å²) in [6.45, 7) is 2.20. The molecule has 0 aromatic heterocycles. The standard InChI is InChI=1S/C10H13NO/c11-6-9-3-1-2-8-4-5-12-7-10(8)9/h1-3H,4-7,11H2. The van der Waals surface area contributed by atoms with E-state index in [-0.39, 0.29) is 0 Å². The van der Waals surface area contributed by atoms with Gasteiger partial charge in [-0.15, -0.1) is 0 Å². The van der Waals surface area contributed by atoms with Crippen molar-refractivity contribution in [1.29, 1.82) is 0 Å². The molecule has 0 spiro atoms. The number of fused-ring (bicyclic) bond motifs is 1. The van der Waals surface area contributed by atoms with E-state index in [0.29, 0.717) is 6.54 Å². The molecule has 64 valence electrons. The lowest BCUT2D eigenvalue weighted by Crippen LogP contribution is -2.13. The zero-order chi connectivity index (χ0) is 8.39. The van der Waals surface area contributed by atoms with Crippen LogP contribution in [0.1, 0.15) is 16.7 Å². The van der Waals surface area contributed by atoms with Gasteiger partial charge in [-0.05, 0) is 23.1 Å². The fourth-order valence-corrected chi connectivity index (χ4v) is 1.66. The fourth-order valence-electron chi connectivity index (χ4n) is 1.66. The van der Waals surface area contributed by atoms with E-state index in [2.05, 4.69) is 18.2 Å². The summed E-state index contributed by atoms with van der Waals surface area (Å²) >= 11 is 0. The van der Waals surface area contributed by atoms with E-state index in [1.165, 1.54) is 16.7 Å². The van der Waals surface area contributed by atoms with Crippen LogP contribution in [0.25, 0.3) is 0 Å². The summed E-state index contributed by atoms with van der Waals surface area (Å²) in [6, 6.07) is 6.32. The minimum Gasteiger partial charge on any atom is -0.376 e. The quantitative estimate of drug-likeness (QED) is 0.675. The number of nitrogens with two attached hydrogens (primary N) is 1. The maximum atomic E-state index is 5.62. The van der Waals surface area contributed by atoms with E-state index in [9.17, 15) is 0 Å². The Morgan fingerprint density at radius 3 is 3.17 bits per heavy atom. The van der Waals surface area contributed by atoms with Gasteiger partial charge in [0.15, 0.2) is 0 Å². The lowest BCUT2D eigenvalue weighted by Gasteiger charge is -2.18. The monoisotopic (exact) mass is 163 g/mol. The second-order valence-electron chi connectivity index (χ2n) is 3.06. The molecule has 2 rings (SSSR count). The molecule has 12 heavy (non-hydrogen) atoms. The van der Waals surface area contributed by atoms with Gasteiger partial charge in [0.05, 0.1) is 13.2 Å². The Morgan fingerprint density at radius 1 is 1.42 bits per heavy atom. The lowest BCUT2D eigenvalue weighted by molar-refractivity contribution is 0.110. The van der Waals surface area contributed by atoms with Gasteiger partial charge in [0.2, 0.25) is 0 Å². The summed E-state index contributed by atoms with van der Waals surface area (Å²) in [5.74, 6) is 0. The number of ether oxygens (including phenoxy) is 1. The Kier molecular flexibility index (Phi) is 2.11. The predicted octanol–water partition coefficient (Wildman–Crippen LogP) is 1.22. The number of rotatable bonds is 1. The molecule has 1 heterocycles. The third-order valence-corrected chi connectivity index (χ3v) is 2.35. The van der Waals surface area contributed by atoms with E-state index in [0.717, 1.165) is 19.6 Å². The molecule has 1 aliphatic rings. The average molecular weight is 163 g/mol. The first-order valence-electron chi connectivity index (χ1n) is 4.29. The summed E-state index contributed by atoms with van der Waals surface area (Å²) in [7, 11) is 0. The Hall–Kier alpha value is -0.860. The molecule has 0 saturated carbocycles. The maximum absolute atomic E-state index is 5.62. The summed E-state index contributed by atoms with van der Waals surface area (Å²) in [5.41, 5.74) is 9.57. The van der Waals surface area contributed by atoms with Crippen LogP contribution in [0.3, 0.4) is 0 Å². The first-order chi connectivity index (χ1) is 5.92. The molecule has 1 aliphatic heterocycles. The van der Waals surface area contributed by atoms with Crippen molar-refractivity contribution in [2.45, 2.75) is 19.6 Å². The summed E-state index contributed by atoms with van der Waals surface area (Å²) in [6.07, 6.45) is 1.03. The van der Waals surface area contributed by atoms with Crippen LogP contribution in [-0.4, -0.2) is 6.61 Å². The number of hydrogen-bond donors (Lipinski definition) is 1. The first-order valence-corrected chi connectivity index (χ1v) is 4.29. The molecule has 0 aliphatic carbocycles. The van der Waals surface area contributed by atoms with Crippen molar-refractivity contribution >= 4 is 0 Å². The van der Waals surface area contributed by atoms with Crippen molar-refractivity contribution in [3.8, 4) is 0 Å². The molecule has 2 heteroatoms. The second-order valence-corrected chi connectivity index (χ2v) is 3.06. The van der Waals surface area contributed by atoms with Crippen molar-refractivity contribution < 1.29 is 4.74 Å². The molecule has 1 aromatic rings. The average Bonchev–Trinajstić information content (AvgIpc) is 2.17.